The first-order chi connectivity index (χ1) is 8.58. The summed E-state index contributed by atoms with van der Waals surface area (Å²) in [5.41, 5.74) is 0.731. The zero-order chi connectivity index (χ0) is 13.1. The SMILES string of the molecule is CC(C)NCc1noc(-c2cccc(Br)c2Cl)n1. The van der Waals surface area contributed by atoms with Crippen LogP contribution in [0.2, 0.25) is 5.02 Å². The molecule has 0 radical (unpaired) electrons. The van der Waals surface area contributed by atoms with Crippen LogP contribution in [0.25, 0.3) is 11.5 Å². The summed E-state index contributed by atoms with van der Waals surface area (Å²) in [5, 5.41) is 7.71. The van der Waals surface area contributed by atoms with Crippen molar-refractivity contribution in [2.75, 3.05) is 0 Å². The predicted octanol–water partition coefficient (Wildman–Crippen LogP) is 3.65. The van der Waals surface area contributed by atoms with Crippen LogP contribution in [0.1, 0.15) is 19.7 Å². The molecule has 0 fully saturated rings. The van der Waals surface area contributed by atoms with E-state index in [-0.39, 0.29) is 0 Å². The zero-order valence-electron chi connectivity index (χ0n) is 10.1. The number of benzene rings is 1. The molecule has 0 bridgehead atoms. The van der Waals surface area contributed by atoms with E-state index in [1.54, 1.807) is 0 Å². The molecule has 96 valence electrons. The van der Waals surface area contributed by atoms with Gasteiger partial charge in [-0.25, -0.2) is 0 Å². The van der Waals surface area contributed by atoms with E-state index in [9.17, 15) is 0 Å². The summed E-state index contributed by atoms with van der Waals surface area (Å²) < 4.78 is 6.02. The fraction of sp³-hybridized carbons (Fsp3) is 0.333. The number of aromatic nitrogens is 2. The average Bonchev–Trinajstić information content (AvgIpc) is 2.78. The fourth-order valence-corrected chi connectivity index (χ4v) is 1.97. The number of hydrogen-bond acceptors (Lipinski definition) is 4. The van der Waals surface area contributed by atoms with E-state index < -0.39 is 0 Å². The first-order valence-corrected chi connectivity index (χ1v) is 6.75. The van der Waals surface area contributed by atoms with Gasteiger partial charge in [0.2, 0.25) is 0 Å². The molecule has 1 aromatic carbocycles. The molecule has 0 saturated carbocycles. The summed E-state index contributed by atoms with van der Waals surface area (Å²) in [6, 6.07) is 5.96. The van der Waals surface area contributed by atoms with E-state index in [1.165, 1.54) is 0 Å². The lowest BCUT2D eigenvalue weighted by Gasteiger charge is -2.03. The molecule has 0 amide bonds. The number of nitrogens with zero attached hydrogens (tertiary/aromatic N) is 2. The van der Waals surface area contributed by atoms with Gasteiger partial charge in [-0.05, 0) is 28.1 Å². The molecule has 0 aliphatic carbocycles. The lowest BCUT2D eigenvalue weighted by atomic mass is 10.2. The van der Waals surface area contributed by atoms with E-state index in [0.29, 0.717) is 29.3 Å². The van der Waals surface area contributed by atoms with Gasteiger partial charge in [0.05, 0.1) is 17.1 Å². The van der Waals surface area contributed by atoms with Crippen molar-refractivity contribution in [1.29, 1.82) is 0 Å². The number of halogens is 2. The van der Waals surface area contributed by atoms with Crippen molar-refractivity contribution in [1.82, 2.24) is 15.5 Å². The van der Waals surface area contributed by atoms with Gasteiger partial charge in [-0.2, -0.15) is 4.98 Å². The molecule has 1 N–H and O–H groups in total. The predicted molar refractivity (Wildman–Crippen MR) is 74.4 cm³/mol. The fourth-order valence-electron chi connectivity index (χ4n) is 1.40. The molecule has 2 aromatic rings. The van der Waals surface area contributed by atoms with Crippen molar-refractivity contribution in [3.63, 3.8) is 0 Å². The van der Waals surface area contributed by atoms with E-state index in [1.807, 2.05) is 18.2 Å². The molecule has 1 heterocycles. The molecule has 1 aromatic heterocycles. The van der Waals surface area contributed by atoms with Crippen molar-refractivity contribution < 1.29 is 4.52 Å². The van der Waals surface area contributed by atoms with Gasteiger partial charge in [0.1, 0.15) is 0 Å². The van der Waals surface area contributed by atoms with Gasteiger partial charge in [-0.3, -0.25) is 0 Å². The highest BCUT2D eigenvalue weighted by atomic mass is 79.9. The Balaban J connectivity index is 2.21. The normalized spacial score (nSPS) is 11.2. The average molecular weight is 331 g/mol. The van der Waals surface area contributed by atoms with Crippen molar-refractivity contribution in [3.05, 3.63) is 33.5 Å². The Bertz CT molecular complexity index is 542. The van der Waals surface area contributed by atoms with Crippen LogP contribution in [0.5, 0.6) is 0 Å². The van der Waals surface area contributed by atoms with E-state index in [0.717, 1.165) is 10.0 Å². The molecule has 18 heavy (non-hydrogen) atoms. The van der Waals surface area contributed by atoms with Gasteiger partial charge in [0.15, 0.2) is 5.82 Å². The van der Waals surface area contributed by atoms with Crippen LogP contribution in [-0.2, 0) is 6.54 Å². The molecule has 0 aliphatic heterocycles. The van der Waals surface area contributed by atoms with E-state index in [4.69, 9.17) is 16.1 Å². The lowest BCUT2D eigenvalue weighted by Crippen LogP contribution is -2.22. The third kappa shape index (κ3) is 3.10. The van der Waals surface area contributed by atoms with Crippen LogP contribution in [0.4, 0.5) is 0 Å². The molecular formula is C12H13BrClN3O. The summed E-state index contributed by atoms with van der Waals surface area (Å²) in [5.74, 6) is 1.05. The van der Waals surface area contributed by atoms with Gasteiger partial charge < -0.3 is 9.84 Å². The summed E-state index contributed by atoms with van der Waals surface area (Å²) in [7, 11) is 0. The van der Waals surface area contributed by atoms with Crippen molar-refractivity contribution >= 4 is 27.5 Å². The Labute approximate surface area is 119 Å². The lowest BCUT2D eigenvalue weighted by molar-refractivity contribution is 0.417. The summed E-state index contributed by atoms with van der Waals surface area (Å²) in [4.78, 5) is 4.31. The second kappa shape index (κ2) is 5.82. The number of hydrogen-bond donors (Lipinski definition) is 1. The van der Waals surface area contributed by atoms with Gasteiger partial charge >= 0.3 is 0 Å². The standard InChI is InChI=1S/C12H13BrClN3O/c1-7(2)15-6-10-16-12(18-17-10)8-4-3-5-9(13)11(8)14/h3-5,7,15H,6H2,1-2H3. The van der Waals surface area contributed by atoms with E-state index >= 15 is 0 Å². The Hall–Kier alpha value is -0.910. The highest BCUT2D eigenvalue weighted by Gasteiger charge is 2.13. The number of rotatable bonds is 4. The largest absolute Gasteiger partial charge is 0.334 e. The summed E-state index contributed by atoms with van der Waals surface area (Å²) in [6.45, 7) is 4.70. The minimum absolute atomic E-state index is 0.376. The molecule has 0 unspecified atom stereocenters. The Morgan fingerprint density at radius 3 is 2.94 bits per heavy atom. The number of nitrogens with one attached hydrogen (secondary N) is 1. The maximum atomic E-state index is 6.17. The van der Waals surface area contributed by atoms with Crippen LogP contribution in [0.15, 0.2) is 27.2 Å². The minimum Gasteiger partial charge on any atom is -0.334 e. The highest BCUT2D eigenvalue weighted by Crippen LogP contribution is 2.32. The zero-order valence-corrected chi connectivity index (χ0v) is 12.4. The monoisotopic (exact) mass is 329 g/mol. The van der Waals surface area contributed by atoms with Crippen LogP contribution in [0.3, 0.4) is 0 Å². The Morgan fingerprint density at radius 1 is 1.44 bits per heavy atom. The Kier molecular flexibility index (Phi) is 4.37. The molecule has 0 spiro atoms. The molecule has 4 nitrogen and oxygen atoms in total. The van der Waals surface area contributed by atoms with Crippen molar-refractivity contribution in [2.24, 2.45) is 0 Å². The topological polar surface area (TPSA) is 51.0 Å². The van der Waals surface area contributed by atoms with Gasteiger partial charge in [0.25, 0.3) is 5.89 Å². The van der Waals surface area contributed by atoms with Crippen molar-refractivity contribution in [3.8, 4) is 11.5 Å². The van der Waals surface area contributed by atoms with Crippen LogP contribution >= 0.6 is 27.5 Å². The quantitative estimate of drug-likeness (QED) is 0.929. The highest BCUT2D eigenvalue weighted by molar-refractivity contribution is 9.10. The van der Waals surface area contributed by atoms with Gasteiger partial charge in [0, 0.05) is 10.5 Å². The third-order valence-corrected chi connectivity index (χ3v) is 3.61. The third-order valence-electron chi connectivity index (χ3n) is 2.32. The minimum atomic E-state index is 0.376. The smallest absolute Gasteiger partial charge is 0.259 e. The molecule has 0 atom stereocenters. The second-order valence-electron chi connectivity index (χ2n) is 4.15. The maximum absolute atomic E-state index is 6.17. The molecule has 0 saturated heterocycles. The molecule has 6 heteroatoms. The summed E-state index contributed by atoms with van der Waals surface area (Å²) in [6.07, 6.45) is 0. The molecule has 2 rings (SSSR count). The van der Waals surface area contributed by atoms with Gasteiger partial charge in [-0.15, -0.1) is 0 Å². The molecular weight excluding hydrogens is 318 g/mol. The maximum Gasteiger partial charge on any atom is 0.259 e. The first kappa shape index (κ1) is 13.5. The van der Waals surface area contributed by atoms with Gasteiger partial charge in [-0.1, -0.05) is 36.7 Å². The van der Waals surface area contributed by atoms with Crippen LogP contribution in [-0.4, -0.2) is 16.2 Å². The summed E-state index contributed by atoms with van der Waals surface area (Å²) >= 11 is 9.54. The second-order valence-corrected chi connectivity index (χ2v) is 5.39. The molecule has 0 aliphatic rings. The Morgan fingerprint density at radius 2 is 2.22 bits per heavy atom. The van der Waals surface area contributed by atoms with Crippen LogP contribution < -0.4 is 5.32 Å². The van der Waals surface area contributed by atoms with Crippen molar-refractivity contribution in [2.45, 2.75) is 26.4 Å². The van der Waals surface area contributed by atoms with Crippen LogP contribution in [0, 0.1) is 0 Å². The first-order valence-electron chi connectivity index (χ1n) is 5.58. The van der Waals surface area contributed by atoms with E-state index in [2.05, 4.69) is 45.2 Å².